The van der Waals surface area contributed by atoms with Crippen molar-refractivity contribution in [1.29, 1.82) is 0 Å². The molecule has 0 aliphatic rings. The highest BCUT2D eigenvalue weighted by atomic mass is 32.1. The molecule has 2 heterocycles. The summed E-state index contributed by atoms with van der Waals surface area (Å²) in [7, 11) is 1.96. The summed E-state index contributed by atoms with van der Waals surface area (Å²) in [6.45, 7) is 3.14. The van der Waals surface area contributed by atoms with Crippen molar-refractivity contribution < 1.29 is 0 Å². The van der Waals surface area contributed by atoms with Gasteiger partial charge in [0.25, 0.3) is 0 Å². The average molecular weight is 239 g/mol. The predicted octanol–water partition coefficient (Wildman–Crippen LogP) is 2.59. The third kappa shape index (κ3) is 2.42. The number of thiazole rings is 2. The number of rotatable bonds is 4. The van der Waals surface area contributed by atoms with E-state index < -0.39 is 0 Å². The maximum Gasteiger partial charge on any atom is 0.101 e. The number of aromatic nitrogens is 2. The molecule has 15 heavy (non-hydrogen) atoms. The van der Waals surface area contributed by atoms with E-state index >= 15 is 0 Å². The quantitative estimate of drug-likeness (QED) is 0.891. The minimum Gasteiger partial charge on any atom is -0.319 e. The van der Waals surface area contributed by atoms with Crippen LogP contribution in [0.5, 0.6) is 0 Å². The zero-order chi connectivity index (χ0) is 10.7. The Morgan fingerprint density at radius 1 is 1.40 bits per heavy atom. The fraction of sp³-hybridized carbons (Fsp3) is 0.400. The molecule has 0 bridgehead atoms. The van der Waals surface area contributed by atoms with Gasteiger partial charge in [-0.25, -0.2) is 9.97 Å². The molecule has 0 amide bonds. The molecule has 1 N–H and O–H groups in total. The number of nitrogens with one attached hydrogen (secondary N) is 1. The van der Waals surface area contributed by atoms with Crippen LogP contribution in [0.3, 0.4) is 0 Å². The second-order valence-corrected chi connectivity index (χ2v) is 5.01. The van der Waals surface area contributed by atoms with Crippen molar-refractivity contribution in [3.8, 4) is 11.4 Å². The lowest BCUT2D eigenvalue weighted by Gasteiger charge is -2.05. The van der Waals surface area contributed by atoms with Gasteiger partial charge in [0, 0.05) is 23.2 Å². The van der Waals surface area contributed by atoms with Crippen molar-refractivity contribution >= 4 is 22.7 Å². The summed E-state index contributed by atoms with van der Waals surface area (Å²) in [5.41, 5.74) is 3.82. The molecule has 2 rings (SSSR count). The molecule has 2 aromatic rings. The number of nitrogens with zero attached hydrogens (tertiary/aromatic N) is 2. The highest BCUT2D eigenvalue weighted by Crippen LogP contribution is 2.25. The highest BCUT2D eigenvalue weighted by Gasteiger charge is 2.11. The number of hydrogen-bond acceptors (Lipinski definition) is 5. The van der Waals surface area contributed by atoms with E-state index in [-0.39, 0.29) is 0 Å². The Bertz CT molecular complexity index is 408. The molecule has 1 atom stereocenters. The topological polar surface area (TPSA) is 37.8 Å². The lowest BCUT2D eigenvalue weighted by Crippen LogP contribution is -2.14. The van der Waals surface area contributed by atoms with Gasteiger partial charge >= 0.3 is 0 Å². The van der Waals surface area contributed by atoms with Crippen LogP contribution in [0.15, 0.2) is 16.3 Å². The van der Waals surface area contributed by atoms with E-state index in [0.717, 1.165) is 17.9 Å². The highest BCUT2D eigenvalue weighted by molar-refractivity contribution is 7.10. The van der Waals surface area contributed by atoms with Gasteiger partial charge in [-0.15, -0.1) is 22.7 Å². The van der Waals surface area contributed by atoms with Gasteiger partial charge in [0.05, 0.1) is 10.5 Å². The van der Waals surface area contributed by atoms with Gasteiger partial charge < -0.3 is 5.32 Å². The SMILES string of the molecule is CNCC(C)c1nc(-c2cscn2)cs1. The molecular weight excluding hydrogens is 226 g/mol. The van der Waals surface area contributed by atoms with Crippen LogP contribution >= 0.6 is 22.7 Å². The molecule has 80 valence electrons. The van der Waals surface area contributed by atoms with Crippen molar-refractivity contribution in [1.82, 2.24) is 15.3 Å². The van der Waals surface area contributed by atoms with E-state index in [1.165, 1.54) is 5.01 Å². The summed E-state index contributed by atoms with van der Waals surface area (Å²) in [6, 6.07) is 0. The van der Waals surface area contributed by atoms with Crippen LogP contribution in [0.25, 0.3) is 11.4 Å². The molecule has 3 nitrogen and oxygen atoms in total. The van der Waals surface area contributed by atoms with Gasteiger partial charge in [0.2, 0.25) is 0 Å². The molecule has 0 radical (unpaired) electrons. The molecule has 5 heteroatoms. The van der Waals surface area contributed by atoms with Crippen LogP contribution in [-0.2, 0) is 0 Å². The molecule has 0 aromatic carbocycles. The maximum atomic E-state index is 4.59. The lowest BCUT2D eigenvalue weighted by molar-refractivity contribution is 0.674. The van der Waals surface area contributed by atoms with E-state index in [0.29, 0.717) is 5.92 Å². The standard InChI is InChI=1S/C10H13N3S2/c1-7(3-11-2)10-13-9(5-15-10)8-4-14-6-12-8/h4-7,11H,3H2,1-2H3. The third-order valence-electron chi connectivity index (χ3n) is 2.15. The Labute approximate surface area is 97.2 Å². The van der Waals surface area contributed by atoms with Crippen LogP contribution in [0.1, 0.15) is 17.8 Å². The van der Waals surface area contributed by atoms with E-state index in [2.05, 4.69) is 27.6 Å². The van der Waals surface area contributed by atoms with Crippen LogP contribution in [0, 0.1) is 0 Å². The Hall–Kier alpha value is -0.780. The van der Waals surface area contributed by atoms with Crippen molar-refractivity contribution in [2.24, 2.45) is 0 Å². The normalized spacial score (nSPS) is 12.9. The van der Waals surface area contributed by atoms with Crippen LogP contribution in [0.2, 0.25) is 0 Å². The van der Waals surface area contributed by atoms with Crippen LogP contribution in [-0.4, -0.2) is 23.6 Å². The first-order chi connectivity index (χ1) is 7.31. The largest absolute Gasteiger partial charge is 0.319 e. The zero-order valence-electron chi connectivity index (χ0n) is 8.73. The predicted molar refractivity (Wildman–Crippen MR) is 65.6 cm³/mol. The lowest BCUT2D eigenvalue weighted by atomic mass is 10.2. The van der Waals surface area contributed by atoms with Gasteiger partial charge in [-0.05, 0) is 7.05 Å². The van der Waals surface area contributed by atoms with Gasteiger partial charge in [-0.1, -0.05) is 6.92 Å². The first-order valence-corrected chi connectivity index (χ1v) is 6.62. The molecule has 0 spiro atoms. The van der Waals surface area contributed by atoms with E-state index in [1.807, 2.05) is 17.9 Å². The van der Waals surface area contributed by atoms with Crippen molar-refractivity contribution in [3.63, 3.8) is 0 Å². The molecule has 0 aliphatic heterocycles. The Morgan fingerprint density at radius 3 is 2.93 bits per heavy atom. The third-order valence-corrected chi connectivity index (χ3v) is 3.81. The average Bonchev–Trinajstić information content (AvgIpc) is 2.89. The minimum atomic E-state index is 0.465. The van der Waals surface area contributed by atoms with E-state index in [9.17, 15) is 0 Å². The fourth-order valence-electron chi connectivity index (χ4n) is 1.36. The van der Waals surface area contributed by atoms with Crippen molar-refractivity contribution in [2.75, 3.05) is 13.6 Å². The van der Waals surface area contributed by atoms with Gasteiger partial charge in [0.1, 0.15) is 11.4 Å². The molecule has 0 aliphatic carbocycles. The second-order valence-electron chi connectivity index (χ2n) is 3.40. The molecular formula is C10H13N3S2. The van der Waals surface area contributed by atoms with Crippen LogP contribution in [0.4, 0.5) is 0 Å². The Kier molecular flexibility index (Phi) is 3.45. The fourth-order valence-corrected chi connectivity index (χ4v) is 2.78. The molecule has 0 saturated carbocycles. The zero-order valence-corrected chi connectivity index (χ0v) is 10.4. The Balaban J connectivity index is 2.17. The van der Waals surface area contributed by atoms with Gasteiger partial charge in [-0.2, -0.15) is 0 Å². The summed E-state index contributed by atoms with van der Waals surface area (Å²) in [6.07, 6.45) is 0. The summed E-state index contributed by atoms with van der Waals surface area (Å²) in [4.78, 5) is 8.85. The van der Waals surface area contributed by atoms with E-state index in [1.54, 1.807) is 22.7 Å². The summed E-state index contributed by atoms with van der Waals surface area (Å²) >= 11 is 3.31. The molecule has 0 fully saturated rings. The number of likely N-dealkylation sites (N-methyl/N-ethyl adjacent to an activating group) is 1. The van der Waals surface area contributed by atoms with Crippen molar-refractivity contribution in [2.45, 2.75) is 12.8 Å². The van der Waals surface area contributed by atoms with Gasteiger partial charge in [-0.3, -0.25) is 0 Å². The minimum absolute atomic E-state index is 0.465. The summed E-state index contributed by atoms with van der Waals surface area (Å²) < 4.78 is 0. The number of hydrogen-bond donors (Lipinski definition) is 1. The first-order valence-electron chi connectivity index (χ1n) is 4.80. The maximum absolute atomic E-state index is 4.59. The monoisotopic (exact) mass is 239 g/mol. The molecule has 0 saturated heterocycles. The molecule has 2 aromatic heterocycles. The smallest absolute Gasteiger partial charge is 0.101 e. The Morgan fingerprint density at radius 2 is 2.27 bits per heavy atom. The molecule has 1 unspecified atom stereocenters. The summed E-state index contributed by atoms with van der Waals surface area (Å²) in [5, 5.41) is 8.45. The van der Waals surface area contributed by atoms with E-state index in [4.69, 9.17) is 0 Å². The van der Waals surface area contributed by atoms with Crippen LogP contribution < -0.4 is 5.32 Å². The first kappa shape index (κ1) is 10.7. The van der Waals surface area contributed by atoms with Gasteiger partial charge in [0.15, 0.2) is 0 Å². The summed E-state index contributed by atoms with van der Waals surface area (Å²) in [5.74, 6) is 0.465. The second kappa shape index (κ2) is 4.83. The van der Waals surface area contributed by atoms with Crippen molar-refractivity contribution in [3.05, 3.63) is 21.3 Å².